The van der Waals surface area contributed by atoms with E-state index in [1.165, 1.54) is 31.5 Å². The maximum absolute atomic E-state index is 12.5. The molecule has 3 saturated heterocycles. The number of aryl methyl sites for hydroxylation is 1. The van der Waals surface area contributed by atoms with Crippen LogP contribution in [0.5, 0.6) is 0 Å². The second kappa shape index (κ2) is 4.88. The van der Waals surface area contributed by atoms with Crippen LogP contribution in [0.1, 0.15) is 28.8 Å². The van der Waals surface area contributed by atoms with Crippen LogP contribution in [0.25, 0.3) is 5.52 Å². The van der Waals surface area contributed by atoms with Crippen LogP contribution in [0, 0.1) is 12.8 Å². The molecule has 3 fully saturated rings. The molecule has 2 aromatic heterocycles. The fourth-order valence-corrected chi connectivity index (χ4v) is 3.77. The molecule has 2 aromatic rings. The Balaban J connectivity index is 1.53. The molecule has 0 aliphatic carbocycles. The standard InChI is InChI=1S/C17H21N3O/c1-12-8-15-3-2-14(10-20(15)9-12)17(21)18-16-11-19-6-4-13(16)5-7-19/h2-3,8-10,13,16H,4-7,11H2,1H3,(H,18,21)/t16-/m0/s1. The van der Waals surface area contributed by atoms with E-state index >= 15 is 0 Å². The van der Waals surface area contributed by atoms with Gasteiger partial charge in [-0.25, -0.2) is 0 Å². The minimum absolute atomic E-state index is 0.0574. The highest BCUT2D eigenvalue weighted by Gasteiger charge is 2.34. The van der Waals surface area contributed by atoms with Gasteiger partial charge in [-0.05, 0) is 62.5 Å². The molecule has 1 amide bonds. The monoisotopic (exact) mass is 283 g/mol. The van der Waals surface area contributed by atoms with E-state index in [2.05, 4.69) is 29.4 Å². The highest BCUT2D eigenvalue weighted by molar-refractivity contribution is 5.94. The first-order valence-electron chi connectivity index (χ1n) is 7.80. The van der Waals surface area contributed by atoms with Gasteiger partial charge in [0.25, 0.3) is 5.91 Å². The molecule has 1 atom stereocenters. The molecule has 21 heavy (non-hydrogen) atoms. The number of pyridine rings is 1. The predicted octanol–water partition coefficient (Wildman–Crippen LogP) is 2.07. The van der Waals surface area contributed by atoms with Gasteiger partial charge < -0.3 is 14.6 Å². The SMILES string of the molecule is Cc1cc2ccc(C(=O)N[C@H]3CN4CCC3CC4)cn2c1. The van der Waals surface area contributed by atoms with Gasteiger partial charge in [-0.15, -0.1) is 0 Å². The minimum atomic E-state index is 0.0574. The van der Waals surface area contributed by atoms with E-state index < -0.39 is 0 Å². The van der Waals surface area contributed by atoms with Crippen LogP contribution in [0.2, 0.25) is 0 Å². The second-order valence-corrected chi connectivity index (χ2v) is 6.49. The zero-order valence-electron chi connectivity index (χ0n) is 12.4. The Labute approximate surface area is 124 Å². The normalized spacial score (nSPS) is 28.0. The zero-order valence-corrected chi connectivity index (χ0v) is 12.4. The van der Waals surface area contributed by atoms with Crippen molar-refractivity contribution in [3.63, 3.8) is 0 Å². The van der Waals surface area contributed by atoms with Crippen LogP contribution in [0.3, 0.4) is 0 Å². The largest absolute Gasteiger partial charge is 0.348 e. The molecule has 0 saturated carbocycles. The van der Waals surface area contributed by atoms with Crippen molar-refractivity contribution in [2.45, 2.75) is 25.8 Å². The Morgan fingerprint density at radius 1 is 1.24 bits per heavy atom. The Bertz CT molecular complexity index is 682. The molecule has 0 radical (unpaired) electrons. The Hall–Kier alpha value is -1.81. The van der Waals surface area contributed by atoms with Gasteiger partial charge in [0, 0.05) is 30.5 Å². The molecule has 4 heteroatoms. The molecule has 3 aliphatic rings. The van der Waals surface area contributed by atoms with Gasteiger partial charge in [-0.3, -0.25) is 4.79 Å². The highest BCUT2D eigenvalue weighted by atomic mass is 16.1. The fraction of sp³-hybridized carbons (Fsp3) is 0.471. The summed E-state index contributed by atoms with van der Waals surface area (Å²) in [4.78, 5) is 15.0. The molecule has 0 aromatic carbocycles. The lowest BCUT2D eigenvalue weighted by Crippen LogP contribution is -2.57. The van der Waals surface area contributed by atoms with Gasteiger partial charge in [-0.2, -0.15) is 0 Å². The number of nitrogens with one attached hydrogen (secondary N) is 1. The number of fused-ring (bicyclic) bond motifs is 4. The van der Waals surface area contributed by atoms with Gasteiger partial charge in [0.05, 0.1) is 5.56 Å². The van der Waals surface area contributed by atoms with Crippen LogP contribution >= 0.6 is 0 Å². The quantitative estimate of drug-likeness (QED) is 0.916. The third-order valence-corrected chi connectivity index (χ3v) is 4.96. The van der Waals surface area contributed by atoms with Crippen molar-refractivity contribution in [3.05, 3.63) is 41.7 Å². The van der Waals surface area contributed by atoms with E-state index in [1.807, 2.05) is 22.7 Å². The number of hydrogen-bond donors (Lipinski definition) is 1. The smallest absolute Gasteiger partial charge is 0.253 e. The number of carbonyl (C=O) groups is 1. The summed E-state index contributed by atoms with van der Waals surface area (Å²) < 4.78 is 2.03. The summed E-state index contributed by atoms with van der Waals surface area (Å²) in [5, 5.41) is 3.24. The molecule has 5 rings (SSSR count). The number of aromatic nitrogens is 1. The van der Waals surface area contributed by atoms with Crippen LogP contribution < -0.4 is 5.32 Å². The number of rotatable bonds is 2. The Morgan fingerprint density at radius 3 is 2.76 bits per heavy atom. The molecule has 110 valence electrons. The molecule has 5 heterocycles. The first-order chi connectivity index (χ1) is 10.2. The molecule has 3 aliphatic heterocycles. The first kappa shape index (κ1) is 12.9. The van der Waals surface area contributed by atoms with Crippen LogP contribution in [-0.2, 0) is 0 Å². The summed E-state index contributed by atoms with van der Waals surface area (Å²) in [6, 6.07) is 6.38. The van der Waals surface area contributed by atoms with Gasteiger partial charge >= 0.3 is 0 Å². The molecule has 1 N–H and O–H groups in total. The van der Waals surface area contributed by atoms with Crippen molar-refractivity contribution in [2.75, 3.05) is 19.6 Å². The fourth-order valence-electron chi connectivity index (χ4n) is 3.77. The molecular formula is C17H21N3O. The van der Waals surface area contributed by atoms with E-state index in [0.29, 0.717) is 12.0 Å². The first-order valence-corrected chi connectivity index (χ1v) is 7.80. The van der Waals surface area contributed by atoms with Crippen molar-refractivity contribution >= 4 is 11.4 Å². The van der Waals surface area contributed by atoms with Crippen LogP contribution in [0.4, 0.5) is 0 Å². The van der Waals surface area contributed by atoms with E-state index in [1.54, 1.807) is 0 Å². The Morgan fingerprint density at radius 2 is 2.05 bits per heavy atom. The third kappa shape index (κ3) is 2.33. The van der Waals surface area contributed by atoms with E-state index in [0.717, 1.165) is 17.6 Å². The minimum Gasteiger partial charge on any atom is -0.348 e. The lowest BCUT2D eigenvalue weighted by Gasteiger charge is -2.44. The topological polar surface area (TPSA) is 36.8 Å². The lowest BCUT2D eigenvalue weighted by atomic mass is 9.84. The maximum atomic E-state index is 12.5. The summed E-state index contributed by atoms with van der Waals surface area (Å²) in [6.07, 6.45) is 6.43. The van der Waals surface area contributed by atoms with Crippen molar-refractivity contribution in [3.8, 4) is 0 Å². The zero-order chi connectivity index (χ0) is 14.4. The molecule has 0 spiro atoms. The summed E-state index contributed by atoms with van der Waals surface area (Å²) in [5.41, 5.74) is 3.09. The average molecular weight is 283 g/mol. The van der Waals surface area contributed by atoms with Crippen molar-refractivity contribution < 1.29 is 4.79 Å². The highest BCUT2D eigenvalue weighted by Crippen LogP contribution is 2.27. The number of amides is 1. The number of carbonyl (C=O) groups excluding carboxylic acids is 1. The number of piperidine rings is 3. The van der Waals surface area contributed by atoms with E-state index in [4.69, 9.17) is 0 Å². The van der Waals surface area contributed by atoms with Gasteiger partial charge in [-0.1, -0.05) is 0 Å². The molecular weight excluding hydrogens is 262 g/mol. The Kier molecular flexibility index (Phi) is 3.00. The van der Waals surface area contributed by atoms with Crippen molar-refractivity contribution in [1.82, 2.24) is 14.6 Å². The van der Waals surface area contributed by atoms with Crippen molar-refractivity contribution in [1.29, 1.82) is 0 Å². The number of hydrogen-bond acceptors (Lipinski definition) is 2. The predicted molar refractivity (Wildman–Crippen MR) is 82.6 cm³/mol. The van der Waals surface area contributed by atoms with E-state index in [-0.39, 0.29) is 5.91 Å². The summed E-state index contributed by atoms with van der Waals surface area (Å²) in [5.74, 6) is 0.721. The average Bonchev–Trinajstić information content (AvgIpc) is 2.87. The maximum Gasteiger partial charge on any atom is 0.253 e. The van der Waals surface area contributed by atoms with Crippen LogP contribution in [-0.4, -0.2) is 40.9 Å². The second-order valence-electron chi connectivity index (χ2n) is 6.49. The third-order valence-electron chi connectivity index (χ3n) is 4.96. The van der Waals surface area contributed by atoms with Crippen molar-refractivity contribution in [2.24, 2.45) is 5.92 Å². The van der Waals surface area contributed by atoms with E-state index in [9.17, 15) is 4.79 Å². The van der Waals surface area contributed by atoms with Crippen LogP contribution in [0.15, 0.2) is 30.6 Å². The summed E-state index contributed by atoms with van der Waals surface area (Å²) in [7, 11) is 0. The van der Waals surface area contributed by atoms with Gasteiger partial charge in [0.1, 0.15) is 0 Å². The summed E-state index contributed by atoms with van der Waals surface area (Å²) >= 11 is 0. The molecule has 0 unspecified atom stereocenters. The molecule has 4 nitrogen and oxygen atoms in total. The van der Waals surface area contributed by atoms with Gasteiger partial charge in [0.2, 0.25) is 0 Å². The van der Waals surface area contributed by atoms with Gasteiger partial charge in [0.15, 0.2) is 0 Å². The molecule has 2 bridgehead atoms. The lowest BCUT2D eigenvalue weighted by molar-refractivity contribution is 0.0620. The number of nitrogens with zero attached hydrogens (tertiary/aromatic N) is 2. The summed E-state index contributed by atoms with van der Waals surface area (Å²) in [6.45, 7) is 5.48.